The smallest absolute Gasteiger partial charge is 0.252 e. The molecule has 2 heterocycles. The van der Waals surface area contributed by atoms with E-state index in [-0.39, 0.29) is 5.91 Å². The number of hydrogen-bond donors (Lipinski definition) is 1. The quantitative estimate of drug-likeness (QED) is 0.606. The number of nitrogens with one attached hydrogen (secondary N) is 1. The van der Waals surface area contributed by atoms with E-state index >= 15 is 0 Å². The van der Waals surface area contributed by atoms with Crippen molar-refractivity contribution in [1.29, 1.82) is 0 Å². The van der Waals surface area contributed by atoms with Gasteiger partial charge in [0.15, 0.2) is 0 Å². The summed E-state index contributed by atoms with van der Waals surface area (Å²) in [6.45, 7) is 7.61. The minimum atomic E-state index is -0.0255. The zero-order valence-electron chi connectivity index (χ0n) is 17.3. The Kier molecular flexibility index (Phi) is 6.50. The molecule has 0 radical (unpaired) electrons. The summed E-state index contributed by atoms with van der Waals surface area (Å²) >= 11 is 6.11. The highest BCUT2D eigenvalue weighted by Crippen LogP contribution is 2.21. The van der Waals surface area contributed by atoms with E-state index in [1.807, 2.05) is 55.5 Å². The molecule has 5 nitrogen and oxygen atoms in total. The lowest BCUT2D eigenvalue weighted by Gasteiger charge is -2.36. The molecule has 1 aliphatic heterocycles. The first kappa shape index (κ1) is 20.6. The van der Waals surface area contributed by atoms with Gasteiger partial charge in [-0.25, -0.2) is 0 Å². The second-order valence-corrected chi connectivity index (χ2v) is 8.18. The SMILES string of the molecule is Cc1cc(C(=O)NCCCN2CCN(c3cccc(Cl)c3)CC2)c2ccccc2n1. The first-order valence-corrected chi connectivity index (χ1v) is 10.9. The fourth-order valence-corrected chi connectivity index (χ4v) is 4.18. The van der Waals surface area contributed by atoms with Crippen LogP contribution in [0.15, 0.2) is 54.6 Å². The lowest BCUT2D eigenvalue weighted by molar-refractivity contribution is 0.0953. The number of benzene rings is 2. The van der Waals surface area contributed by atoms with Crippen LogP contribution in [0.3, 0.4) is 0 Å². The van der Waals surface area contributed by atoms with E-state index in [1.165, 1.54) is 5.69 Å². The van der Waals surface area contributed by atoms with Crippen molar-refractivity contribution in [3.8, 4) is 0 Å². The summed E-state index contributed by atoms with van der Waals surface area (Å²) in [5.74, 6) is -0.0255. The Morgan fingerprint density at radius 1 is 1.07 bits per heavy atom. The van der Waals surface area contributed by atoms with Crippen molar-refractivity contribution in [1.82, 2.24) is 15.2 Å². The summed E-state index contributed by atoms with van der Waals surface area (Å²) in [6.07, 6.45) is 0.935. The molecule has 4 rings (SSSR count). The van der Waals surface area contributed by atoms with Crippen molar-refractivity contribution in [2.75, 3.05) is 44.2 Å². The van der Waals surface area contributed by atoms with Gasteiger partial charge in [0, 0.05) is 54.5 Å². The van der Waals surface area contributed by atoms with Crippen molar-refractivity contribution in [2.45, 2.75) is 13.3 Å². The van der Waals surface area contributed by atoms with Crippen molar-refractivity contribution < 1.29 is 4.79 Å². The van der Waals surface area contributed by atoms with E-state index in [9.17, 15) is 4.79 Å². The van der Waals surface area contributed by atoms with Gasteiger partial charge < -0.3 is 10.2 Å². The highest BCUT2D eigenvalue weighted by molar-refractivity contribution is 6.30. The number of pyridine rings is 1. The van der Waals surface area contributed by atoms with E-state index in [0.717, 1.165) is 60.8 Å². The number of aryl methyl sites for hydroxylation is 1. The molecular formula is C24H27ClN4O. The lowest BCUT2D eigenvalue weighted by Crippen LogP contribution is -2.47. The Balaban J connectivity index is 1.24. The normalized spacial score (nSPS) is 14.8. The van der Waals surface area contributed by atoms with Gasteiger partial charge in [0.1, 0.15) is 0 Å². The summed E-state index contributed by atoms with van der Waals surface area (Å²) in [4.78, 5) is 22.1. The van der Waals surface area contributed by atoms with Gasteiger partial charge in [0.2, 0.25) is 0 Å². The lowest BCUT2D eigenvalue weighted by atomic mass is 10.1. The number of piperazine rings is 1. The Hall–Kier alpha value is -2.63. The maximum absolute atomic E-state index is 12.7. The van der Waals surface area contributed by atoms with E-state index in [4.69, 9.17) is 11.6 Å². The van der Waals surface area contributed by atoms with E-state index < -0.39 is 0 Å². The minimum Gasteiger partial charge on any atom is -0.369 e. The Morgan fingerprint density at radius 2 is 1.87 bits per heavy atom. The number of nitrogens with zero attached hydrogens (tertiary/aromatic N) is 3. The van der Waals surface area contributed by atoms with Crippen molar-refractivity contribution in [3.63, 3.8) is 0 Å². The number of amides is 1. The average molecular weight is 423 g/mol. The Bertz CT molecular complexity index is 1030. The molecule has 1 saturated heterocycles. The van der Waals surface area contributed by atoms with Crippen molar-refractivity contribution in [2.24, 2.45) is 0 Å². The molecule has 0 atom stereocenters. The molecule has 0 aliphatic carbocycles. The molecule has 0 spiro atoms. The zero-order valence-corrected chi connectivity index (χ0v) is 18.0. The monoisotopic (exact) mass is 422 g/mol. The first-order valence-electron chi connectivity index (χ1n) is 10.5. The Morgan fingerprint density at radius 3 is 2.67 bits per heavy atom. The third-order valence-corrected chi connectivity index (χ3v) is 5.81. The van der Waals surface area contributed by atoms with Gasteiger partial charge in [-0.05, 0) is 50.2 Å². The van der Waals surface area contributed by atoms with Gasteiger partial charge >= 0.3 is 0 Å². The number of fused-ring (bicyclic) bond motifs is 1. The fourth-order valence-electron chi connectivity index (χ4n) is 4.00. The molecule has 6 heteroatoms. The number of carbonyl (C=O) groups is 1. The highest BCUT2D eigenvalue weighted by Gasteiger charge is 2.17. The third kappa shape index (κ3) is 4.91. The number of halogens is 1. The van der Waals surface area contributed by atoms with Crippen LogP contribution in [0.1, 0.15) is 22.5 Å². The van der Waals surface area contributed by atoms with Crippen LogP contribution in [0.25, 0.3) is 10.9 Å². The van der Waals surface area contributed by atoms with Crippen LogP contribution in [-0.2, 0) is 0 Å². The molecule has 0 saturated carbocycles. The van der Waals surface area contributed by atoms with Gasteiger partial charge in [-0.15, -0.1) is 0 Å². The van der Waals surface area contributed by atoms with Crippen LogP contribution in [-0.4, -0.2) is 55.1 Å². The maximum Gasteiger partial charge on any atom is 0.252 e. The number of para-hydroxylation sites is 1. The average Bonchev–Trinajstić information content (AvgIpc) is 2.76. The second kappa shape index (κ2) is 9.45. The molecule has 3 aromatic rings. The Labute approximate surface area is 182 Å². The van der Waals surface area contributed by atoms with Gasteiger partial charge in [0.05, 0.1) is 11.1 Å². The second-order valence-electron chi connectivity index (χ2n) is 7.75. The molecule has 0 unspecified atom stereocenters. The molecule has 2 aromatic carbocycles. The number of anilines is 1. The molecular weight excluding hydrogens is 396 g/mol. The predicted octanol–water partition coefficient (Wildman–Crippen LogP) is 4.14. The van der Waals surface area contributed by atoms with Gasteiger partial charge in [-0.1, -0.05) is 35.9 Å². The van der Waals surface area contributed by atoms with Gasteiger partial charge in [-0.2, -0.15) is 0 Å². The fraction of sp³-hybridized carbons (Fsp3) is 0.333. The standard InChI is InChI=1S/C24H27ClN4O/c1-18-16-22(21-8-2-3-9-23(21)27-18)24(30)26-10-5-11-28-12-14-29(15-13-28)20-7-4-6-19(25)17-20/h2-4,6-9,16-17H,5,10-15H2,1H3,(H,26,30). The largest absolute Gasteiger partial charge is 0.369 e. The molecule has 1 fully saturated rings. The first-order chi connectivity index (χ1) is 14.6. The minimum absolute atomic E-state index is 0.0255. The molecule has 30 heavy (non-hydrogen) atoms. The molecule has 0 bridgehead atoms. The number of aromatic nitrogens is 1. The van der Waals surface area contributed by atoms with Gasteiger partial charge in [0.25, 0.3) is 5.91 Å². The highest BCUT2D eigenvalue weighted by atomic mass is 35.5. The van der Waals surface area contributed by atoms with E-state index in [1.54, 1.807) is 0 Å². The molecule has 1 aliphatic rings. The van der Waals surface area contributed by atoms with Crippen LogP contribution in [0.5, 0.6) is 0 Å². The number of rotatable bonds is 6. The van der Waals surface area contributed by atoms with E-state index in [2.05, 4.69) is 26.2 Å². The van der Waals surface area contributed by atoms with Crippen LogP contribution in [0, 0.1) is 6.92 Å². The summed E-state index contributed by atoms with van der Waals surface area (Å²) in [7, 11) is 0. The summed E-state index contributed by atoms with van der Waals surface area (Å²) in [5, 5.41) is 4.76. The van der Waals surface area contributed by atoms with E-state index in [0.29, 0.717) is 12.1 Å². The number of carbonyl (C=O) groups excluding carboxylic acids is 1. The van der Waals surface area contributed by atoms with Crippen LogP contribution < -0.4 is 10.2 Å². The topological polar surface area (TPSA) is 48.5 Å². The summed E-state index contributed by atoms with van der Waals surface area (Å²) in [6, 6.07) is 17.7. The molecule has 1 amide bonds. The number of hydrogen-bond acceptors (Lipinski definition) is 4. The van der Waals surface area contributed by atoms with Crippen molar-refractivity contribution in [3.05, 3.63) is 70.9 Å². The van der Waals surface area contributed by atoms with Gasteiger partial charge in [-0.3, -0.25) is 14.7 Å². The van der Waals surface area contributed by atoms with Crippen molar-refractivity contribution >= 4 is 34.1 Å². The summed E-state index contributed by atoms with van der Waals surface area (Å²) in [5.41, 5.74) is 3.61. The van der Waals surface area contributed by atoms with Crippen LogP contribution >= 0.6 is 11.6 Å². The zero-order chi connectivity index (χ0) is 20.9. The third-order valence-electron chi connectivity index (χ3n) is 5.57. The molecule has 1 aromatic heterocycles. The summed E-state index contributed by atoms with van der Waals surface area (Å²) < 4.78 is 0. The molecule has 156 valence electrons. The maximum atomic E-state index is 12.7. The predicted molar refractivity (Wildman–Crippen MR) is 124 cm³/mol. The molecule has 1 N–H and O–H groups in total. The van der Waals surface area contributed by atoms with Crippen LogP contribution in [0.2, 0.25) is 5.02 Å². The van der Waals surface area contributed by atoms with Crippen LogP contribution in [0.4, 0.5) is 5.69 Å².